The Morgan fingerprint density at radius 2 is 1.94 bits per heavy atom. The maximum Gasteiger partial charge on any atom is 0.345 e. The summed E-state index contributed by atoms with van der Waals surface area (Å²) in [6, 6.07) is 7.36. The van der Waals surface area contributed by atoms with Crippen LogP contribution in [0.5, 0.6) is 11.5 Å². The van der Waals surface area contributed by atoms with E-state index in [1.807, 2.05) is 0 Å². The van der Waals surface area contributed by atoms with Crippen LogP contribution in [0.15, 0.2) is 30.3 Å². The van der Waals surface area contributed by atoms with Gasteiger partial charge < -0.3 is 24.4 Å². The van der Waals surface area contributed by atoms with Crippen molar-refractivity contribution in [2.75, 3.05) is 30.2 Å². The van der Waals surface area contributed by atoms with Gasteiger partial charge >= 0.3 is 5.97 Å². The minimum atomic E-state index is -1.04. The molecule has 11 heteroatoms. The first-order valence-corrected chi connectivity index (χ1v) is 9.29. The lowest BCUT2D eigenvalue weighted by Gasteiger charge is -2.15. The minimum absolute atomic E-state index is 0.0555. The molecule has 0 spiro atoms. The number of amides is 2. The van der Waals surface area contributed by atoms with E-state index in [9.17, 15) is 24.5 Å². The molecular weight excluding hydrogens is 410 g/mol. The Balaban J connectivity index is 1.40. The molecule has 0 fully saturated rings. The van der Waals surface area contributed by atoms with Crippen molar-refractivity contribution in [2.24, 2.45) is 0 Å². The second-order valence-corrected chi connectivity index (χ2v) is 6.87. The molecule has 160 valence electrons. The highest BCUT2D eigenvalue weighted by molar-refractivity contribution is 5.99. The first-order chi connectivity index (χ1) is 14.8. The van der Waals surface area contributed by atoms with Gasteiger partial charge in [0.1, 0.15) is 5.56 Å². The summed E-state index contributed by atoms with van der Waals surface area (Å²) in [6.45, 7) is 1.32. The number of nitrogens with zero attached hydrogens (tertiary/aromatic N) is 2. The average molecular weight is 427 g/mol. The number of nitro benzene ring substituents is 1. The number of rotatable bonds is 5. The molecule has 1 N–H and O–H groups in total. The summed E-state index contributed by atoms with van der Waals surface area (Å²) in [4.78, 5) is 48.3. The van der Waals surface area contributed by atoms with Crippen LogP contribution in [-0.4, -0.2) is 42.7 Å². The number of carbonyl (C=O) groups excluding carboxylic acids is 3. The molecule has 0 atom stereocenters. The minimum Gasteiger partial charge on any atom is -0.454 e. The van der Waals surface area contributed by atoms with E-state index in [1.54, 1.807) is 23.1 Å². The molecule has 0 aliphatic carbocycles. The predicted molar refractivity (Wildman–Crippen MR) is 106 cm³/mol. The Hall–Kier alpha value is -4.15. The Bertz CT molecular complexity index is 1110. The number of nitro groups is 1. The van der Waals surface area contributed by atoms with Gasteiger partial charge in [-0.25, -0.2) is 4.79 Å². The molecule has 11 nitrogen and oxygen atoms in total. The second-order valence-electron chi connectivity index (χ2n) is 6.87. The molecule has 2 aliphatic heterocycles. The van der Waals surface area contributed by atoms with E-state index >= 15 is 0 Å². The lowest BCUT2D eigenvalue weighted by Crippen LogP contribution is -2.25. The summed E-state index contributed by atoms with van der Waals surface area (Å²) in [7, 11) is 0. The quantitative estimate of drug-likeness (QED) is 0.435. The molecule has 0 bridgehead atoms. The zero-order valence-corrected chi connectivity index (χ0v) is 16.4. The molecule has 2 amide bonds. The fourth-order valence-corrected chi connectivity index (χ4v) is 3.46. The summed E-state index contributed by atoms with van der Waals surface area (Å²) in [5, 5.41) is 13.9. The van der Waals surface area contributed by atoms with Crippen molar-refractivity contribution in [3.63, 3.8) is 0 Å². The molecule has 0 unspecified atom stereocenters. The number of esters is 1. The van der Waals surface area contributed by atoms with E-state index in [0.29, 0.717) is 18.7 Å². The van der Waals surface area contributed by atoms with E-state index < -0.39 is 29.1 Å². The van der Waals surface area contributed by atoms with Crippen molar-refractivity contribution in [1.29, 1.82) is 0 Å². The molecule has 0 radical (unpaired) electrons. The number of anilines is 2. The Morgan fingerprint density at radius 3 is 2.65 bits per heavy atom. The summed E-state index contributed by atoms with van der Waals surface area (Å²) in [5.41, 5.74) is 1.35. The number of ether oxygens (including phenoxy) is 3. The van der Waals surface area contributed by atoms with Gasteiger partial charge in [0.15, 0.2) is 18.1 Å². The molecule has 0 saturated carbocycles. The molecule has 2 heterocycles. The van der Waals surface area contributed by atoms with Gasteiger partial charge in [0, 0.05) is 30.9 Å². The molecule has 31 heavy (non-hydrogen) atoms. The van der Waals surface area contributed by atoms with Crippen LogP contribution in [0.4, 0.5) is 17.1 Å². The molecule has 2 aromatic carbocycles. The summed E-state index contributed by atoms with van der Waals surface area (Å²) >= 11 is 0. The van der Waals surface area contributed by atoms with Crippen LogP contribution in [0.3, 0.4) is 0 Å². The summed E-state index contributed by atoms with van der Waals surface area (Å²) in [6.07, 6.45) is 0.668. The summed E-state index contributed by atoms with van der Waals surface area (Å²) < 4.78 is 15.2. The molecule has 0 aromatic heterocycles. The largest absolute Gasteiger partial charge is 0.454 e. The lowest BCUT2D eigenvalue weighted by molar-refractivity contribution is -0.385. The number of hydrogen-bond acceptors (Lipinski definition) is 8. The Kier molecular flexibility index (Phi) is 5.15. The molecule has 4 rings (SSSR count). The van der Waals surface area contributed by atoms with Crippen molar-refractivity contribution in [3.8, 4) is 11.5 Å². The SMILES string of the molecule is CC(=O)N1CCc2cc(NC(=O)COC(=O)c3cc4c(cc3[N+](=O)[O-])OCO4)ccc21. The monoisotopic (exact) mass is 427 g/mol. The third-order valence-corrected chi connectivity index (χ3v) is 4.88. The standard InChI is InChI=1S/C20H17N3O8/c1-11(24)22-5-4-12-6-13(2-3-15(12)22)21-19(25)9-29-20(26)14-7-17-18(31-10-30-17)8-16(14)23(27)28/h2-3,6-8H,4-5,9-10H2,1H3,(H,21,25). The first-order valence-electron chi connectivity index (χ1n) is 9.29. The van der Waals surface area contributed by atoms with E-state index in [1.165, 1.54) is 6.92 Å². The van der Waals surface area contributed by atoms with Gasteiger partial charge in [-0.05, 0) is 30.2 Å². The van der Waals surface area contributed by atoms with E-state index in [2.05, 4.69) is 5.32 Å². The normalized spacial score (nSPS) is 13.5. The Morgan fingerprint density at radius 1 is 1.19 bits per heavy atom. The fourth-order valence-electron chi connectivity index (χ4n) is 3.46. The number of hydrogen-bond donors (Lipinski definition) is 1. The fraction of sp³-hybridized carbons (Fsp3) is 0.250. The van der Waals surface area contributed by atoms with Crippen molar-refractivity contribution < 1.29 is 33.5 Å². The van der Waals surface area contributed by atoms with Crippen LogP contribution < -0.4 is 19.7 Å². The van der Waals surface area contributed by atoms with Crippen LogP contribution in [0.25, 0.3) is 0 Å². The lowest BCUT2D eigenvalue weighted by atomic mass is 10.1. The summed E-state index contributed by atoms with van der Waals surface area (Å²) in [5.74, 6) is -1.37. The highest BCUT2D eigenvalue weighted by Gasteiger charge is 2.28. The van der Waals surface area contributed by atoms with Gasteiger partial charge in [-0.2, -0.15) is 0 Å². The predicted octanol–water partition coefficient (Wildman–Crippen LogP) is 2.03. The van der Waals surface area contributed by atoms with Gasteiger partial charge in [0.2, 0.25) is 12.7 Å². The number of benzene rings is 2. The van der Waals surface area contributed by atoms with Crippen LogP contribution in [0.2, 0.25) is 0 Å². The van der Waals surface area contributed by atoms with Crippen LogP contribution >= 0.6 is 0 Å². The zero-order chi connectivity index (χ0) is 22.1. The molecule has 0 saturated heterocycles. The van der Waals surface area contributed by atoms with E-state index in [4.69, 9.17) is 14.2 Å². The topological polar surface area (TPSA) is 137 Å². The molecule has 2 aliphatic rings. The number of carbonyl (C=O) groups is 3. The van der Waals surface area contributed by atoms with Gasteiger partial charge in [-0.15, -0.1) is 0 Å². The molecule has 2 aromatic rings. The third kappa shape index (κ3) is 3.97. The van der Waals surface area contributed by atoms with Gasteiger partial charge in [-0.1, -0.05) is 0 Å². The van der Waals surface area contributed by atoms with Gasteiger partial charge in [-0.3, -0.25) is 19.7 Å². The van der Waals surface area contributed by atoms with Gasteiger partial charge in [0.05, 0.1) is 11.0 Å². The van der Waals surface area contributed by atoms with Gasteiger partial charge in [0.25, 0.3) is 11.6 Å². The second kappa shape index (κ2) is 7.94. The maximum atomic E-state index is 12.3. The van der Waals surface area contributed by atoms with Crippen molar-refractivity contribution in [2.45, 2.75) is 13.3 Å². The van der Waals surface area contributed by atoms with Crippen molar-refractivity contribution in [3.05, 3.63) is 51.6 Å². The number of fused-ring (bicyclic) bond motifs is 2. The van der Waals surface area contributed by atoms with Crippen molar-refractivity contribution >= 4 is 34.8 Å². The number of nitrogens with one attached hydrogen (secondary N) is 1. The first kappa shape index (κ1) is 20.1. The van der Waals surface area contributed by atoms with Crippen LogP contribution in [-0.2, 0) is 20.7 Å². The maximum absolute atomic E-state index is 12.3. The van der Waals surface area contributed by atoms with Crippen LogP contribution in [0, 0.1) is 10.1 Å². The van der Waals surface area contributed by atoms with Crippen LogP contribution in [0.1, 0.15) is 22.8 Å². The van der Waals surface area contributed by atoms with E-state index in [0.717, 1.165) is 23.4 Å². The third-order valence-electron chi connectivity index (χ3n) is 4.88. The Labute approximate surface area is 175 Å². The smallest absolute Gasteiger partial charge is 0.345 e. The molecular formula is C20H17N3O8. The van der Waals surface area contributed by atoms with E-state index in [-0.39, 0.29) is 29.8 Å². The highest BCUT2D eigenvalue weighted by atomic mass is 16.7. The average Bonchev–Trinajstić information content (AvgIpc) is 3.36. The zero-order valence-electron chi connectivity index (χ0n) is 16.4. The van der Waals surface area contributed by atoms with Crippen molar-refractivity contribution in [1.82, 2.24) is 0 Å². The highest BCUT2D eigenvalue weighted by Crippen LogP contribution is 2.38.